The molecule has 0 rings (SSSR count). The Morgan fingerprint density at radius 2 is 1.21 bits per heavy atom. The summed E-state index contributed by atoms with van der Waals surface area (Å²) < 4.78 is 15.7. The van der Waals surface area contributed by atoms with E-state index >= 15 is 0 Å². The molecule has 0 aliphatic carbocycles. The Hall–Kier alpha value is -1.59. The number of esters is 3. The predicted molar refractivity (Wildman–Crippen MR) is 109 cm³/mol. The van der Waals surface area contributed by atoms with Gasteiger partial charge in [-0.3, -0.25) is 14.4 Å². The van der Waals surface area contributed by atoms with E-state index in [1.54, 1.807) is 0 Å². The highest BCUT2D eigenvalue weighted by Crippen LogP contribution is 2.25. The molecule has 28 heavy (non-hydrogen) atoms. The molecule has 0 saturated carbocycles. The maximum atomic E-state index is 12.0. The molecule has 0 N–H and O–H groups in total. The first-order valence-corrected chi connectivity index (χ1v) is 10.6. The highest BCUT2D eigenvalue weighted by molar-refractivity contribution is 5.76. The van der Waals surface area contributed by atoms with Crippen molar-refractivity contribution in [2.45, 2.75) is 92.9 Å². The summed E-state index contributed by atoms with van der Waals surface area (Å²) in [6, 6.07) is 0. The van der Waals surface area contributed by atoms with Crippen molar-refractivity contribution in [3.63, 3.8) is 0 Å². The van der Waals surface area contributed by atoms with Crippen molar-refractivity contribution in [1.82, 2.24) is 0 Å². The van der Waals surface area contributed by atoms with Crippen LogP contribution in [0.15, 0.2) is 0 Å². The van der Waals surface area contributed by atoms with Crippen molar-refractivity contribution in [2.24, 2.45) is 10.8 Å². The molecule has 0 spiro atoms. The molecule has 0 aromatic rings. The van der Waals surface area contributed by atoms with E-state index < -0.39 is 10.8 Å². The molecule has 6 nitrogen and oxygen atoms in total. The average molecular weight is 401 g/mol. The maximum Gasteiger partial charge on any atom is 0.311 e. The van der Waals surface area contributed by atoms with Crippen LogP contribution >= 0.6 is 0 Å². The van der Waals surface area contributed by atoms with E-state index in [9.17, 15) is 14.4 Å². The second kappa shape index (κ2) is 13.6. The third kappa shape index (κ3) is 11.3. The van der Waals surface area contributed by atoms with Gasteiger partial charge in [-0.05, 0) is 66.2 Å². The number of rotatable bonds is 15. The van der Waals surface area contributed by atoms with Crippen molar-refractivity contribution in [1.29, 1.82) is 0 Å². The van der Waals surface area contributed by atoms with Gasteiger partial charge in [0.1, 0.15) is 0 Å². The van der Waals surface area contributed by atoms with Crippen molar-refractivity contribution < 1.29 is 28.6 Å². The largest absolute Gasteiger partial charge is 0.466 e. The summed E-state index contributed by atoms with van der Waals surface area (Å²) in [4.78, 5) is 35.6. The number of ether oxygens (including phenoxy) is 3. The molecular formula is C22H40O6. The van der Waals surface area contributed by atoms with Crippen LogP contribution in [0.25, 0.3) is 0 Å². The molecule has 0 aliphatic heterocycles. The highest BCUT2D eigenvalue weighted by atomic mass is 16.5. The quantitative estimate of drug-likeness (QED) is 0.223. The van der Waals surface area contributed by atoms with Crippen LogP contribution in [0.3, 0.4) is 0 Å². The molecular weight excluding hydrogens is 360 g/mol. The Labute approximate surface area is 170 Å². The Balaban J connectivity index is 3.82. The summed E-state index contributed by atoms with van der Waals surface area (Å²) in [6.07, 6.45) is 5.46. The van der Waals surface area contributed by atoms with E-state index in [1.807, 2.05) is 34.6 Å². The van der Waals surface area contributed by atoms with Crippen LogP contribution in [0.4, 0.5) is 0 Å². The Morgan fingerprint density at radius 3 is 1.79 bits per heavy atom. The molecule has 0 saturated heterocycles. The lowest BCUT2D eigenvalue weighted by atomic mass is 9.87. The van der Waals surface area contributed by atoms with Gasteiger partial charge in [-0.2, -0.15) is 0 Å². The molecule has 0 radical (unpaired) electrons. The predicted octanol–water partition coefficient (Wildman–Crippen LogP) is 4.83. The monoisotopic (exact) mass is 400 g/mol. The van der Waals surface area contributed by atoms with Gasteiger partial charge in [-0.25, -0.2) is 0 Å². The lowest BCUT2D eigenvalue weighted by molar-refractivity contribution is -0.155. The Bertz CT molecular complexity index is 481. The fourth-order valence-corrected chi connectivity index (χ4v) is 2.25. The summed E-state index contributed by atoms with van der Waals surface area (Å²) in [5.41, 5.74) is -1.01. The Kier molecular flexibility index (Phi) is 12.8. The van der Waals surface area contributed by atoms with Crippen LogP contribution in [0.1, 0.15) is 92.9 Å². The fraction of sp³-hybridized carbons (Fsp3) is 0.864. The van der Waals surface area contributed by atoms with Crippen molar-refractivity contribution >= 4 is 17.9 Å². The van der Waals surface area contributed by atoms with Gasteiger partial charge in [0.25, 0.3) is 0 Å². The second-order valence-electron chi connectivity index (χ2n) is 8.53. The summed E-state index contributed by atoms with van der Waals surface area (Å²) in [5.74, 6) is -0.693. The van der Waals surface area contributed by atoms with Gasteiger partial charge in [0.05, 0.1) is 30.7 Å². The van der Waals surface area contributed by atoms with E-state index in [1.165, 1.54) is 0 Å². The number of unbranched alkanes of at least 4 members (excludes halogenated alkanes) is 2. The smallest absolute Gasteiger partial charge is 0.311 e. The Morgan fingerprint density at radius 1 is 0.679 bits per heavy atom. The van der Waals surface area contributed by atoms with E-state index in [0.717, 1.165) is 19.3 Å². The van der Waals surface area contributed by atoms with Gasteiger partial charge in [-0.15, -0.1) is 0 Å². The molecule has 0 unspecified atom stereocenters. The summed E-state index contributed by atoms with van der Waals surface area (Å²) >= 11 is 0. The van der Waals surface area contributed by atoms with Crippen LogP contribution in [0.2, 0.25) is 0 Å². The van der Waals surface area contributed by atoms with Crippen molar-refractivity contribution in [3.05, 3.63) is 0 Å². The van der Waals surface area contributed by atoms with Crippen LogP contribution in [0, 0.1) is 10.8 Å². The summed E-state index contributed by atoms with van der Waals surface area (Å²) in [5, 5.41) is 0. The molecule has 0 aromatic heterocycles. The molecule has 0 heterocycles. The minimum Gasteiger partial charge on any atom is -0.466 e. The lowest BCUT2D eigenvalue weighted by Crippen LogP contribution is -2.27. The molecule has 0 bridgehead atoms. The molecule has 0 aliphatic rings. The normalized spacial score (nSPS) is 11.8. The fourth-order valence-electron chi connectivity index (χ4n) is 2.25. The van der Waals surface area contributed by atoms with Crippen LogP contribution in [-0.2, 0) is 28.6 Å². The van der Waals surface area contributed by atoms with Gasteiger partial charge < -0.3 is 14.2 Å². The molecule has 6 heteroatoms. The van der Waals surface area contributed by atoms with Crippen LogP contribution < -0.4 is 0 Å². The zero-order valence-corrected chi connectivity index (χ0v) is 18.7. The average Bonchev–Trinajstić information content (AvgIpc) is 2.64. The first-order valence-electron chi connectivity index (χ1n) is 10.6. The number of hydrogen-bond acceptors (Lipinski definition) is 6. The minimum absolute atomic E-state index is 0.168. The number of carbonyl (C=O) groups is 3. The second-order valence-corrected chi connectivity index (χ2v) is 8.53. The van der Waals surface area contributed by atoms with E-state index in [2.05, 4.69) is 6.92 Å². The lowest BCUT2D eigenvalue weighted by Gasteiger charge is -2.22. The topological polar surface area (TPSA) is 78.9 Å². The minimum atomic E-state index is -0.520. The first-order chi connectivity index (χ1) is 13.1. The first kappa shape index (κ1) is 26.4. The molecule has 164 valence electrons. The SMILES string of the molecule is CCCCOC(=O)C(C)(C)CCCCOC(=O)CCCOC(=O)C(C)(C)CC. The third-order valence-electron chi connectivity index (χ3n) is 4.94. The highest BCUT2D eigenvalue weighted by Gasteiger charge is 2.28. The summed E-state index contributed by atoms with van der Waals surface area (Å²) in [6.45, 7) is 12.5. The van der Waals surface area contributed by atoms with Gasteiger partial charge in [0.2, 0.25) is 0 Å². The third-order valence-corrected chi connectivity index (χ3v) is 4.94. The van der Waals surface area contributed by atoms with E-state index in [4.69, 9.17) is 14.2 Å². The van der Waals surface area contributed by atoms with E-state index in [-0.39, 0.29) is 30.9 Å². The zero-order valence-electron chi connectivity index (χ0n) is 18.7. The standard InChI is InChI=1S/C22H40O6/c1-7-9-15-27-20(25)22(5,6)14-10-11-16-26-18(23)13-12-17-28-19(24)21(3,4)8-2/h7-17H2,1-6H3. The molecule has 0 fully saturated rings. The van der Waals surface area contributed by atoms with Gasteiger partial charge in [0, 0.05) is 6.42 Å². The maximum absolute atomic E-state index is 12.0. The number of hydrogen-bond donors (Lipinski definition) is 0. The zero-order chi connectivity index (χ0) is 21.6. The van der Waals surface area contributed by atoms with Gasteiger partial charge in [-0.1, -0.05) is 20.3 Å². The van der Waals surface area contributed by atoms with Crippen molar-refractivity contribution in [3.8, 4) is 0 Å². The number of carbonyl (C=O) groups excluding carboxylic acids is 3. The molecule has 0 aromatic carbocycles. The van der Waals surface area contributed by atoms with Crippen LogP contribution in [0.5, 0.6) is 0 Å². The molecule has 0 amide bonds. The van der Waals surface area contributed by atoms with Gasteiger partial charge in [0.15, 0.2) is 0 Å². The van der Waals surface area contributed by atoms with Gasteiger partial charge >= 0.3 is 17.9 Å². The van der Waals surface area contributed by atoms with E-state index in [0.29, 0.717) is 38.9 Å². The van der Waals surface area contributed by atoms with Crippen LogP contribution in [-0.4, -0.2) is 37.7 Å². The van der Waals surface area contributed by atoms with Crippen molar-refractivity contribution in [2.75, 3.05) is 19.8 Å². The summed E-state index contributed by atoms with van der Waals surface area (Å²) in [7, 11) is 0. The molecule has 0 atom stereocenters.